The molecule has 0 bridgehead atoms. The predicted octanol–water partition coefficient (Wildman–Crippen LogP) is 2.76. The molecule has 3 N–H and O–H groups in total. The van der Waals surface area contributed by atoms with E-state index in [9.17, 15) is 9.59 Å². The molecule has 3 rings (SSSR count). The van der Waals surface area contributed by atoms with Crippen molar-refractivity contribution in [2.45, 2.75) is 51.1 Å². The van der Waals surface area contributed by atoms with Gasteiger partial charge in [0.25, 0.3) is 0 Å². The third-order valence-electron chi connectivity index (χ3n) is 6.13. The third kappa shape index (κ3) is 7.41. The van der Waals surface area contributed by atoms with Gasteiger partial charge in [-0.15, -0.1) is 24.8 Å². The molecule has 2 aliphatic rings. The number of hydrogen-bond donors (Lipinski definition) is 2. The smallest absolute Gasteiger partial charge is 0.234 e. The molecule has 2 amide bonds. The first-order valence-electron chi connectivity index (χ1n) is 10.7. The van der Waals surface area contributed by atoms with E-state index < -0.39 is 0 Å². The quantitative estimate of drug-likeness (QED) is 0.686. The summed E-state index contributed by atoms with van der Waals surface area (Å²) in [5.74, 6) is -0.0441. The van der Waals surface area contributed by atoms with Crippen LogP contribution in [0.1, 0.15) is 50.6 Å². The van der Waals surface area contributed by atoms with E-state index in [2.05, 4.69) is 10.2 Å². The highest BCUT2D eigenvalue weighted by atomic mass is 35.5. The topological polar surface area (TPSA) is 78.7 Å². The minimum atomic E-state index is -0.298. The van der Waals surface area contributed by atoms with Crippen LogP contribution in [-0.4, -0.2) is 60.4 Å². The van der Waals surface area contributed by atoms with Crippen molar-refractivity contribution in [1.29, 1.82) is 0 Å². The Labute approximate surface area is 192 Å². The number of carbonyl (C=O) groups excluding carboxylic acids is 2. The number of piperazine rings is 1. The second-order valence-corrected chi connectivity index (χ2v) is 8.23. The lowest BCUT2D eigenvalue weighted by Crippen LogP contribution is -2.53. The summed E-state index contributed by atoms with van der Waals surface area (Å²) in [5.41, 5.74) is 7.30. The number of rotatable bonds is 6. The number of nitrogens with zero attached hydrogens (tertiary/aromatic N) is 2. The van der Waals surface area contributed by atoms with Crippen molar-refractivity contribution in [2.24, 2.45) is 11.7 Å². The van der Waals surface area contributed by atoms with Gasteiger partial charge in [-0.25, -0.2) is 0 Å². The van der Waals surface area contributed by atoms with Gasteiger partial charge in [-0.3, -0.25) is 14.5 Å². The minimum Gasteiger partial charge on any atom is -0.352 e. The highest BCUT2D eigenvalue weighted by Crippen LogP contribution is 2.22. The molecule has 1 aromatic rings. The first kappa shape index (κ1) is 26.7. The minimum absolute atomic E-state index is 0. The normalized spacial score (nSPS) is 19.7. The second kappa shape index (κ2) is 13.2. The Hall–Kier alpha value is -1.34. The molecule has 1 aromatic carbocycles. The first-order chi connectivity index (χ1) is 13.5. The van der Waals surface area contributed by atoms with Crippen LogP contribution in [0.4, 0.5) is 0 Å². The summed E-state index contributed by atoms with van der Waals surface area (Å²) in [4.78, 5) is 29.2. The highest BCUT2D eigenvalue weighted by Gasteiger charge is 2.29. The maximum absolute atomic E-state index is 12.9. The number of carbonyl (C=O) groups is 2. The summed E-state index contributed by atoms with van der Waals surface area (Å²) in [5, 5.41) is 3.17. The number of nitrogens with one attached hydrogen (secondary N) is 1. The molecular weight excluding hydrogens is 423 g/mol. The van der Waals surface area contributed by atoms with Gasteiger partial charge in [0.05, 0.1) is 12.5 Å². The molecule has 8 heteroatoms. The Bertz CT molecular complexity index is 648. The number of halogens is 2. The molecule has 2 atom stereocenters. The van der Waals surface area contributed by atoms with E-state index in [1.54, 1.807) is 0 Å². The molecule has 0 radical (unpaired) electrons. The van der Waals surface area contributed by atoms with E-state index >= 15 is 0 Å². The lowest BCUT2D eigenvalue weighted by Gasteiger charge is -2.36. The number of amides is 2. The molecule has 1 saturated carbocycles. The van der Waals surface area contributed by atoms with Crippen LogP contribution in [0.2, 0.25) is 0 Å². The maximum atomic E-state index is 12.9. The monoisotopic (exact) mass is 458 g/mol. The fourth-order valence-electron chi connectivity index (χ4n) is 4.26. The van der Waals surface area contributed by atoms with Gasteiger partial charge in [0.2, 0.25) is 11.8 Å². The SMILES string of the molecule is CC(C(=O)N1CCN(CC(=O)NC2CCCCC2)CC1)C(N)c1ccccc1.Cl.Cl. The van der Waals surface area contributed by atoms with Crippen LogP contribution in [-0.2, 0) is 9.59 Å². The van der Waals surface area contributed by atoms with Gasteiger partial charge in [-0.05, 0) is 18.4 Å². The third-order valence-corrected chi connectivity index (χ3v) is 6.13. The lowest BCUT2D eigenvalue weighted by atomic mass is 9.94. The molecule has 170 valence electrons. The fourth-order valence-corrected chi connectivity index (χ4v) is 4.26. The highest BCUT2D eigenvalue weighted by molar-refractivity contribution is 5.85. The van der Waals surface area contributed by atoms with Crippen LogP contribution in [0.25, 0.3) is 0 Å². The van der Waals surface area contributed by atoms with E-state index in [1.807, 2.05) is 42.2 Å². The lowest BCUT2D eigenvalue weighted by molar-refractivity contribution is -0.137. The molecule has 1 aliphatic heterocycles. The van der Waals surface area contributed by atoms with Gasteiger partial charge in [-0.2, -0.15) is 0 Å². The molecule has 2 unspecified atom stereocenters. The molecule has 6 nitrogen and oxygen atoms in total. The van der Waals surface area contributed by atoms with E-state index in [0.717, 1.165) is 31.5 Å². The van der Waals surface area contributed by atoms with E-state index in [-0.39, 0.29) is 48.6 Å². The molecule has 1 saturated heterocycles. The second-order valence-electron chi connectivity index (χ2n) is 8.23. The molecule has 30 heavy (non-hydrogen) atoms. The summed E-state index contributed by atoms with van der Waals surface area (Å²) in [6, 6.07) is 9.84. The zero-order valence-electron chi connectivity index (χ0n) is 17.8. The van der Waals surface area contributed by atoms with Crippen molar-refractivity contribution >= 4 is 36.6 Å². The standard InChI is InChI=1S/C22H34N4O2.2ClH/c1-17(21(23)18-8-4-2-5-9-18)22(28)26-14-12-25(13-15-26)16-20(27)24-19-10-6-3-7-11-19;;/h2,4-5,8-9,17,19,21H,3,6-7,10-16,23H2,1H3,(H,24,27);2*1H. The van der Waals surface area contributed by atoms with Crippen LogP contribution >= 0.6 is 24.8 Å². The Morgan fingerprint density at radius 2 is 1.63 bits per heavy atom. The summed E-state index contributed by atoms with van der Waals surface area (Å²) < 4.78 is 0. The van der Waals surface area contributed by atoms with Crippen LogP contribution < -0.4 is 11.1 Å². The number of hydrogen-bond acceptors (Lipinski definition) is 4. The van der Waals surface area contributed by atoms with E-state index in [4.69, 9.17) is 5.73 Å². The predicted molar refractivity (Wildman–Crippen MR) is 125 cm³/mol. The summed E-state index contributed by atoms with van der Waals surface area (Å²) in [6.45, 7) is 5.11. The molecule has 0 aromatic heterocycles. The van der Waals surface area contributed by atoms with Crippen molar-refractivity contribution in [2.75, 3.05) is 32.7 Å². The molecule has 1 heterocycles. The van der Waals surface area contributed by atoms with Gasteiger partial charge < -0.3 is 16.0 Å². The largest absolute Gasteiger partial charge is 0.352 e. The van der Waals surface area contributed by atoms with Crippen molar-refractivity contribution in [3.63, 3.8) is 0 Å². The summed E-state index contributed by atoms with van der Waals surface area (Å²) in [6.07, 6.45) is 5.93. The maximum Gasteiger partial charge on any atom is 0.234 e. The Kier molecular flexibility index (Phi) is 11.7. The average molecular weight is 459 g/mol. The van der Waals surface area contributed by atoms with Crippen molar-refractivity contribution in [3.05, 3.63) is 35.9 Å². The van der Waals surface area contributed by atoms with Crippen LogP contribution in [0.15, 0.2) is 30.3 Å². The Morgan fingerprint density at radius 1 is 1.03 bits per heavy atom. The zero-order chi connectivity index (χ0) is 19.9. The molecule has 1 aliphatic carbocycles. The van der Waals surface area contributed by atoms with Crippen molar-refractivity contribution < 1.29 is 9.59 Å². The van der Waals surface area contributed by atoms with E-state index in [1.165, 1.54) is 19.3 Å². The van der Waals surface area contributed by atoms with Crippen molar-refractivity contribution in [1.82, 2.24) is 15.1 Å². The van der Waals surface area contributed by atoms with Crippen LogP contribution in [0, 0.1) is 5.92 Å². The average Bonchev–Trinajstić information content (AvgIpc) is 2.74. The molecular formula is C22H36Cl2N4O2. The zero-order valence-corrected chi connectivity index (χ0v) is 19.4. The van der Waals surface area contributed by atoms with Crippen LogP contribution in [0.3, 0.4) is 0 Å². The Balaban J connectivity index is 0.00000225. The van der Waals surface area contributed by atoms with Gasteiger partial charge in [0.1, 0.15) is 0 Å². The number of nitrogens with two attached hydrogens (primary N) is 1. The van der Waals surface area contributed by atoms with Gasteiger partial charge in [-0.1, -0.05) is 56.5 Å². The Morgan fingerprint density at radius 3 is 2.23 bits per heavy atom. The number of benzene rings is 1. The van der Waals surface area contributed by atoms with Crippen molar-refractivity contribution in [3.8, 4) is 0 Å². The fraction of sp³-hybridized carbons (Fsp3) is 0.636. The summed E-state index contributed by atoms with van der Waals surface area (Å²) in [7, 11) is 0. The molecule has 0 spiro atoms. The summed E-state index contributed by atoms with van der Waals surface area (Å²) >= 11 is 0. The van der Waals surface area contributed by atoms with Gasteiger partial charge >= 0.3 is 0 Å². The first-order valence-corrected chi connectivity index (χ1v) is 10.7. The van der Waals surface area contributed by atoms with Gasteiger partial charge in [0.15, 0.2) is 0 Å². The van der Waals surface area contributed by atoms with Gasteiger partial charge in [0, 0.05) is 38.3 Å². The van der Waals surface area contributed by atoms with Crippen LogP contribution in [0.5, 0.6) is 0 Å². The van der Waals surface area contributed by atoms with E-state index in [0.29, 0.717) is 25.7 Å². The molecule has 2 fully saturated rings.